The van der Waals surface area contributed by atoms with Gasteiger partial charge in [-0.25, -0.2) is 4.68 Å². The summed E-state index contributed by atoms with van der Waals surface area (Å²) < 4.78 is 15.0. The first-order valence-electron chi connectivity index (χ1n) is 11.4. The number of benzene rings is 1. The monoisotopic (exact) mass is 477 g/mol. The smallest absolute Gasteiger partial charge is 0.272 e. The molecule has 1 amide bonds. The summed E-state index contributed by atoms with van der Waals surface area (Å²) in [6.45, 7) is 2.84. The average Bonchev–Trinajstić information content (AvgIpc) is 3.52. The van der Waals surface area contributed by atoms with Crippen LogP contribution in [-0.2, 0) is 13.6 Å². The highest BCUT2D eigenvalue weighted by Gasteiger charge is 2.26. The van der Waals surface area contributed by atoms with Crippen LogP contribution in [0.5, 0.6) is 11.8 Å². The lowest BCUT2D eigenvalue weighted by atomic mass is 10.1. The first-order chi connectivity index (χ1) is 17.0. The summed E-state index contributed by atoms with van der Waals surface area (Å²) in [5, 5.41) is 26.8. The van der Waals surface area contributed by atoms with Gasteiger partial charge in [-0.3, -0.25) is 14.6 Å². The SMILES string of the molecule is CCOc1nn(CCO)c2c1/C=C/c1[nH]nc3ccc(cc13)-c1cnn(C)c1OCCN(C)C2=O. The zero-order valence-corrected chi connectivity index (χ0v) is 19.9. The molecule has 2 bridgehead atoms. The van der Waals surface area contributed by atoms with Gasteiger partial charge in [0.25, 0.3) is 5.91 Å². The van der Waals surface area contributed by atoms with E-state index in [0.29, 0.717) is 36.2 Å². The van der Waals surface area contributed by atoms with Crippen LogP contribution in [0.15, 0.2) is 24.4 Å². The summed E-state index contributed by atoms with van der Waals surface area (Å²) in [5.41, 5.74) is 4.26. The van der Waals surface area contributed by atoms with E-state index in [1.807, 2.05) is 38.2 Å². The van der Waals surface area contributed by atoms with Crippen LogP contribution in [0.1, 0.15) is 28.7 Å². The number of aliphatic hydroxyl groups excluding tert-OH is 1. The molecule has 0 radical (unpaired) electrons. The number of aromatic amines is 1. The van der Waals surface area contributed by atoms with Crippen LogP contribution < -0.4 is 9.47 Å². The minimum absolute atomic E-state index is 0.161. The lowest BCUT2D eigenvalue weighted by Gasteiger charge is -2.19. The lowest BCUT2D eigenvalue weighted by molar-refractivity contribution is 0.0757. The molecule has 0 spiro atoms. The summed E-state index contributed by atoms with van der Waals surface area (Å²) >= 11 is 0. The van der Waals surface area contributed by atoms with Crippen molar-refractivity contribution in [2.24, 2.45) is 7.05 Å². The van der Waals surface area contributed by atoms with Gasteiger partial charge in [0.2, 0.25) is 11.8 Å². The molecule has 0 fully saturated rings. The molecule has 182 valence electrons. The van der Waals surface area contributed by atoms with Crippen LogP contribution in [0.25, 0.3) is 34.2 Å². The van der Waals surface area contributed by atoms with E-state index in [9.17, 15) is 9.90 Å². The van der Waals surface area contributed by atoms with E-state index >= 15 is 0 Å². The first-order valence-corrected chi connectivity index (χ1v) is 11.4. The second-order valence-corrected chi connectivity index (χ2v) is 8.21. The Morgan fingerprint density at radius 3 is 2.91 bits per heavy atom. The van der Waals surface area contributed by atoms with Gasteiger partial charge >= 0.3 is 0 Å². The number of carbonyl (C=O) groups is 1. The average molecular weight is 478 g/mol. The summed E-state index contributed by atoms with van der Waals surface area (Å²) in [4.78, 5) is 15.1. The molecule has 0 unspecified atom stereocenters. The predicted molar refractivity (Wildman–Crippen MR) is 130 cm³/mol. The Morgan fingerprint density at radius 2 is 2.11 bits per heavy atom. The highest BCUT2D eigenvalue weighted by molar-refractivity contribution is 5.99. The minimum atomic E-state index is -0.254. The Labute approximate surface area is 201 Å². The number of carbonyl (C=O) groups excluding carboxylic acids is 1. The summed E-state index contributed by atoms with van der Waals surface area (Å²) in [6.07, 6.45) is 5.43. The fraction of sp³-hybridized carbons (Fsp3) is 0.333. The molecule has 1 aliphatic heterocycles. The number of fused-ring (bicyclic) bond motifs is 4. The van der Waals surface area contributed by atoms with E-state index in [0.717, 1.165) is 27.7 Å². The number of aromatic nitrogens is 6. The van der Waals surface area contributed by atoms with Crippen LogP contribution in [0, 0.1) is 0 Å². The molecule has 0 atom stereocenters. The maximum absolute atomic E-state index is 13.5. The highest BCUT2D eigenvalue weighted by atomic mass is 16.5. The number of aliphatic hydroxyl groups is 1. The number of amides is 1. The molecule has 11 nitrogen and oxygen atoms in total. The number of aryl methyl sites for hydroxylation is 1. The number of rotatable bonds is 4. The number of H-pyrrole nitrogens is 1. The van der Waals surface area contributed by atoms with Crippen LogP contribution in [0.3, 0.4) is 0 Å². The predicted octanol–water partition coefficient (Wildman–Crippen LogP) is 2.19. The third kappa shape index (κ3) is 4.03. The molecular formula is C24H27N7O4. The van der Waals surface area contributed by atoms with Gasteiger partial charge in [-0.1, -0.05) is 6.07 Å². The van der Waals surface area contributed by atoms with E-state index < -0.39 is 0 Å². The quantitative estimate of drug-likeness (QED) is 0.462. The molecule has 5 rings (SSSR count). The third-order valence-electron chi connectivity index (χ3n) is 5.96. The molecule has 0 aliphatic carbocycles. The highest BCUT2D eigenvalue weighted by Crippen LogP contribution is 2.33. The Morgan fingerprint density at radius 1 is 1.26 bits per heavy atom. The molecule has 35 heavy (non-hydrogen) atoms. The van der Waals surface area contributed by atoms with Gasteiger partial charge in [0.15, 0.2) is 0 Å². The molecule has 4 aromatic rings. The largest absolute Gasteiger partial charge is 0.476 e. The van der Waals surface area contributed by atoms with E-state index in [1.165, 1.54) is 4.68 Å². The van der Waals surface area contributed by atoms with E-state index in [4.69, 9.17) is 9.47 Å². The first kappa shape index (κ1) is 22.7. The van der Waals surface area contributed by atoms with E-state index in [2.05, 4.69) is 20.4 Å². The molecule has 2 N–H and O–H groups in total. The van der Waals surface area contributed by atoms with Crippen LogP contribution in [0.2, 0.25) is 0 Å². The van der Waals surface area contributed by atoms with E-state index in [1.54, 1.807) is 28.9 Å². The number of hydrogen-bond donors (Lipinski definition) is 2. The Kier molecular flexibility index (Phi) is 6.00. The zero-order valence-electron chi connectivity index (χ0n) is 19.9. The molecule has 4 heterocycles. The molecule has 1 aliphatic rings. The topological polar surface area (TPSA) is 123 Å². The second-order valence-electron chi connectivity index (χ2n) is 8.21. The second kappa shape index (κ2) is 9.26. The molecule has 1 aromatic carbocycles. The number of nitrogens with zero attached hydrogens (tertiary/aromatic N) is 6. The van der Waals surface area contributed by atoms with Crippen molar-refractivity contribution in [1.82, 2.24) is 34.7 Å². The van der Waals surface area contributed by atoms with Crippen LogP contribution >= 0.6 is 0 Å². The molecule has 3 aromatic heterocycles. The number of nitrogens with one attached hydrogen (secondary N) is 1. The van der Waals surface area contributed by atoms with Crippen molar-refractivity contribution in [1.29, 1.82) is 0 Å². The van der Waals surface area contributed by atoms with Crippen molar-refractivity contribution in [3.63, 3.8) is 0 Å². The minimum Gasteiger partial charge on any atom is -0.476 e. The van der Waals surface area contributed by atoms with Gasteiger partial charge in [0, 0.05) is 19.5 Å². The fourth-order valence-corrected chi connectivity index (χ4v) is 4.18. The van der Waals surface area contributed by atoms with Crippen molar-refractivity contribution < 1.29 is 19.4 Å². The number of ether oxygens (including phenoxy) is 2. The van der Waals surface area contributed by atoms with Gasteiger partial charge in [-0.2, -0.15) is 10.2 Å². The maximum atomic E-state index is 13.5. The molecule has 0 saturated carbocycles. The summed E-state index contributed by atoms with van der Waals surface area (Å²) in [6, 6.07) is 5.97. The summed E-state index contributed by atoms with van der Waals surface area (Å²) in [7, 11) is 3.53. The normalized spacial score (nSPS) is 14.9. The van der Waals surface area contributed by atoms with Gasteiger partial charge < -0.3 is 19.5 Å². The van der Waals surface area contributed by atoms with Crippen LogP contribution in [-0.4, -0.2) is 79.1 Å². The lowest BCUT2D eigenvalue weighted by Crippen LogP contribution is -2.33. The maximum Gasteiger partial charge on any atom is 0.272 e. The number of likely N-dealkylation sites (N-methyl/N-ethyl adjacent to an activating group) is 1. The Bertz CT molecular complexity index is 1410. The van der Waals surface area contributed by atoms with Gasteiger partial charge in [-0.15, -0.1) is 5.10 Å². The van der Waals surface area contributed by atoms with Gasteiger partial charge in [0.1, 0.15) is 12.3 Å². The third-order valence-corrected chi connectivity index (χ3v) is 5.96. The van der Waals surface area contributed by atoms with Crippen molar-refractivity contribution in [3.05, 3.63) is 41.3 Å². The van der Waals surface area contributed by atoms with Crippen molar-refractivity contribution in [2.45, 2.75) is 13.5 Å². The van der Waals surface area contributed by atoms with Gasteiger partial charge in [0.05, 0.1) is 54.8 Å². The summed E-state index contributed by atoms with van der Waals surface area (Å²) in [5.74, 6) is 0.693. The number of hydrogen-bond acceptors (Lipinski definition) is 7. The fourth-order valence-electron chi connectivity index (χ4n) is 4.18. The standard InChI is InChI=1S/C24H27N7O4/c1-4-34-22-16-6-8-20-17-13-15(5-7-19(17)26-27-20)18-14-25-30(3)24(18)35-12-10-29(2)23(33)21(16)31(28-22)9-11-32/h5-8,13-14,32H,4,9-12H2,1-3H3,(H,26,27)/b8-6+. The Balaban J connectivity index is 1.70. The van der Waals surface area contributed by atoms with Crippen molar-refractivity contribution >= 4 is 29.0 Å². The zero-order chi connectivity index (χ0) is 24.5. The van der Waals surface area contributed by atoms with Crippen molar-refractivity contribution in [2.75, 3.05) is 33.4 Å². The van der Waals surface area contributed by atoms with E-state index in [-0.39, 0.29) is 25.7 Å². The van der Waals surface area contributed by atoms with Crippen LogP contribution in [0.4, 0.5) is 0 Å². The molecule has 11 heteroatoms. The van der Waals surface area contributed by atoms with Crippen molar-refractivity contribution in [3.8, 4) is 22.9 Å². The molecular weight excluding hydrogens is 450 g/mol. The molecule has 0 saturated heterocycles. The van der Waals surface area contributed by atoms with Gasteiger partial charge in [-0.05, 0) is 36.8 Å². The Hall–Kier alpha value is -4.12.